The maximum absolute atomic E-state index is 13.2. The predicted molar refractivity (Wildman–Crippen MR) is 81.8 cm³/mol. The molecule has 0 aliphatic heterocycles. The van der Waals surface area contributed by atoms with Crippen molar-refractivity contribution in [1.29, 1.82) is 0 Å². The van der Waals surface area contributed by atoms with Gasteiger partial charge in [0.25, 0.3) is 0 Å². The molecule has 0 fully saturated rings. The Labute approximate surface area is 126 Å². The minimum Gasteiger partial charge on any atom is -0.444 e. The Morgan fingerprint density at radius 2 is 2.05 bits per heavy atom. The predicted octanol–water partition coefficient (Wildman–Crippen LogP) is 2.82. The molecule has 21 heavy (non-hydrogen) atoms. The molecule has 0 heterocycles. The van der Waals surface area contributed by atoms with Gasteiger partial charge in [0.15, 0.2) is 0 Å². The van der Waals surface area contributed by atoms with E-state index in [-0.39, 0.29) is 11.9 Å². The number of halogens is 1. The maximum atomic E-state index is 13.2. The third-order valence-electron chi connectivity index (χ3n) is 2.84. The van der Waals surface area contributed by atoms with Crippen LogP contribution in [-0.4, -0.2) is 43.3 Å². The van der Waals surface area contributed by atoms with Gasteiger partial charge in [0.2, 0.25) is 0 Å². The number of benzene rings is 1. The van der Waals surface area contributed by atoms with Gasteiger partial charge in [0.05, 0.1) is 0 Å². The molecule has 0 aromatic heterocycles. The fourth-order valence-electron chi connectivity index (χ4n) is 1.82. The van der Waals surface area contributed by atoms with Crippen LogP contribution in [0, 0.1) is 5.82 Å². The summed E-state index contributed by atoms with van der Waals surface area (Å²) < 4.78 is 18.6. The molecule has 1 rings (SSSR count). The van der Waals surface area contributed by atoms with Crippen molar-refractivity contribution in [3.8, 4) is 0 Å². The van der Waals surface area contributed by atoms with Gasteiger partial charge in [-0.25, -0.2) is 9.18 Å². The molecular formula is C16H25FN2O2. The minimum atomic E-state index is -0.520. The molecule has 4 nitrogen and oxygen atoms in total. The highest BCUT2D eigenvalue weighted by Gasteiger charge is 2.21. The first-order valence-electron chi connectivity index (χ1n) is 7.19. The normalized spacial score (nSPS) is 11.3. The standard InChI is InChI=1S/C16H25FN2O2/c1-16(2,3)21-15(20)19(11-9-18-4)10-8-13-6-5-7-14(17)12-13/h5-7,12,18H,8-11H2,1-4H3. The van der Waals surface area contributed by atoms with Crippen molar-refractivity contribution in [1.82, 2.24) is 10.2 Å². The second-order valence-corrected chi connectivity index (χ2v) is 5.95. The van der Waals surface area contributed by atoms with Crippen LogP contribution in [0.3, 0.4) is 0 Å². The zero-order valence-electron chi connectivity index (χ0n) is 13.3. The molecule has 0 radical (unpaired) electrons. The molecule has 1 amide bonds. The topological polar surface area (TPSA) is 41.6 Å². The van der Waals surface area contributed by atoms with Crippen LogP contribution in [0.25, 0.3) is 0 Å². The molecule has 0 spiro atoms. The van der Waals surface area contributed by atoms with E-state index in [0.29, 0.717) is 26.1 Å². The van der Waals surface area contributed by atoms with E-state index in [1.165, 1.54) is 12.1 Å². The van der Waals surface area contributed by atoms with Gasteiger partial charge in [0, 0.05) is 19.6 Å². The average Bonchev–Trinajstić information content (AvgIpc) is 2.36. The quantitative estimate of drug-likeness (QED) is 0.877. The van der Waals surface area contributed by atoms with E-state index in [0.717, 1.165) is 5.56 Å². The van der Waals surface area contributed by atoms with Crippen LogP contribution >= 0.6 is 0 Å². The lowest BCUT2D eigenvalue weighted by Crippen LogP contribution is -2.41. The van der Waals surface area contributed by atoms with Crippen LogP contribution in [0.2, 0.25) is 0 Å². The summed E-state index contributed by atoms with van der Waals surface area (Å²) in [6.07, 6.45) is 0.259. The zero-order valence-corrected chi connectivity index (χ0v) is 13.3. The lowest BCUT2D eigenvalue weighted by atomic mass is 10.1. The van der Waals surface area contributed by atoms with E-state index in [4.69, 9.17) is 4.74 Å². The Balaban J connectivity index is 2.63. The minimum absolute atomic E-state index is 0.258. The third kappa shape index (κ3) is 7.09. The van der Waals surface area contributed by atoms with Crippen molar-refractivity contribution < 1.29 is 13.9 Å². The summed E-state index contributed by atoms with van der Waals surface area (Å²) in [4.78, 5) is 13.8. The molecule has 1 N–H and O–H groups in total. The van der Waals surface area contributed by atoms with Gasteiger partial charge in [0.1, 0.15) is 11.4 Å². The Morgan fingerprint density at radius 1 is 1.33 bits per heavy atom. The van der Waals surface area contributed by atoms with E-state index in [2.05, 4.69) is 5.32 Å². The van der Waals surface area contributed by atoms with E-state index in [1.807, 2.05) is 33.9 Å². The van der Waals surface area contributed by atoms with E-state index in [9.17, 15) is 9.18 Å². The average molecular weight is 296 g/mol. The lowest BCUT2D eigenvalue weighted by Gasteiger charge is -2.27. The molecular weight excluding hydrogens is 271 g/mol. The van der Waals surface area contributed by atoms with E-state index >= 15 is 0 Å². The van der Waals surface area contributed by atoms with Gasteiger partial charge in [-0.3, -0.25) is 0 Å². The van der Waals surface area contributed by atoms with Crippen LogP contribution in [0.1, 0.15) is 26.3 Å². The van der Waals surface area contributed by atoms with Crippen molar-refractivity contribution in [2.75, 3.05) is 26.7 Å². The Bertz CT molecular complexity index is 458. The van der Waals surface area contributed by atoms with Gasteiger partial charge in [-0.2, -0.15) is 0 Å². The molecule has 0 saturated heterocycles. The summed E-state index contributed by atoms with van der Waals surface area (Å²) in [5, 5.41) is 3.01. The Kier molecular flexibility index (Phi) is 6.62. The van der Waals surface area contributed by atoms with Crippen LogP contribution in [0.5, 0.6) is 0 Å². The summed E-state index contributed by atoms with van der Waals surface area (Å²) in [5.41, 5.74) is 0.349. The highest BCUT2D eigenvalue weighted by atomic mass is 19.1. The molecule has 0 aliphatic carbocycles. The summed E-state index contributed by atoms with van der Waals surface area (Å²) in [6, 6.07) is 6.44. The Morgan fingerprint density at radius 3 is 2.62 bits per heavy atom. The highest BCUT2D eigenvalue weighted by molar-refractivity contribution is 5.68. The van der Waals surface area contributed by atoms with Crippen LogP contribution in [0.15, 0.2) is 24.3 Å². The first kappa shape index (κ1) is 17.4. The van der Waals surface area contributed by atoms with Gasteiger partial charge < -0.3 is 15.0 Å². The van der Waals surface area contributed by atoms with Crippen molar-refractivity contribution >= 4 is 6.09 Å². The van der Waals surface area contributed by atoms with E-state index < -0.39 is 5.60 Å². The number of rotatable bonds is 6. The fraction of sp³-hybridized carbons (Fsp3) is 0.562. The molecule has 5 heteroatoms. The molecule has 0 atom stereocenters. The van der Waals surface area contributed by atoms with Crippen molar-refractivity contribution in [2.45, 2.75) is 32.8 Å². The summed E-state index contributed by atoms with van der Waals surface area (Å²) >= 11 is 0. The highest BCUT2D eigenvalue weighted by Crippen LogP contribution is 2.11. The van der Waals surface area contributed by atoms with Gasteiger partial charge in [-0.1, -0.05) is 12.1 Å². The number of amides is 1. The first-order chi connectivity index (χ1) is 9.81. The number of nitrogens with one attached hydrogen (secondary N) is 1. The number of ether oxygens (including phenoxy) is 1. The van der Waals surface area contributed by atoms with Crippen LogP contribution in [0.4, 0.5) is 9.18 Å². The molecule has 0 bridgehead atoms. The first-order valence-corrected chi connectivity index (χ1v) is 7.19. The number of likely N-dealkylation sites (N-methyl/N-ethyl adjacent to an activating group) is 1. The molecule has 1 aromatic rings. The smallest absolute Gasteiger partial charge is 0.410 e. The summed E-state index contributed by atoms with van der Waals surface area (Å²) in [6.45, 7) is 7.26. The molecule has 0 unspecified atom stereocenters. The number of hydrogen-bond acceptors (Lipinski definition) is 3. The monoisotopic (exact) mass is 296 g/mol. The summed E-state index contributed by atoms with van der Waals surface area (Å²) in [7, 11) is 1.83. The lowest BCUT2D eigenvalue weighted by molar-refractivity contribution is 0.0255. The van der Waals surface area contributed by atoms with Gasteiger partial charge >= 0.3 is 6.09 Å². The number of carbonyl (C=O) groups is 1. The molecule has 0 aliphatic rings. The number of hydrogen-bond donors (Lipinski definition) is 1. The van der Waals surface area contributed by atoms with Crippen molar-refractivity contribution in [2.24, 2.45) is 0 Å². The second kappa shape index (κ2) is 7.98. The van der Waals surface area contributed by atoms with Gasteiger partial charge in [-0.05, 0) is 51.9 Å². The summed E-state index contributed by atoms with van der Waals surface area (Å²) in [5.74, 6) is -0.258. The second-order valence-electron chi connectivity index (χ2n) is 5.95. The zero-order chi connectivity index (χ0) is 15.9. The third-order valence-corrected chi connectivity index (χ3v) is 2.84. The Hall–Kier alpha value is -1.62. The maximum Gasteiger partial charge on any atom is 0.410 e. The fourth-order valence-corrected chi connectivity index (χ4v) is 1.82. The molecule has 1 aromatic carbocycles. The number of carbonyl (C=O) groups excluding carboxylic acids is 1. The SMILES string of the molecule is CNCCN(CCc1cccc(F)c1)C(=O)OC(C)(C)C. The van der Waals surface area contributed by atoms with Gasteiger partial charge in [-0.15, -0.1) is 0 Å². The van der Waals surface area contributed by atoms with Crippen LogP contribution < -0.4 is 5.32 Å². The van der Waals surface area contributed by atoms with Crippen molar-refractivity contribution in [3.63, 3.8) is 0 Å². The van der Waals surface area contributed by atoms with Crippen LogP contribution in [-0.2, 0) is 11.2 Å². The number of nitrogens with zero attached hydrogens (tertiary/aromatic N) is 1. The largest absolute Gasteiger partial charge is 0.444 e. The molecule has 0 saturated carbocycles. The molecule has 118 valence electrons. The van der Waals surface area contributed by atoms with E-state index in [1.54, 1.807) is 11.0 Å². The van der Waals surface area contributed by atoms with Crippen molar-refractivity contribution in [3.05, 3.63) is 35.6 Å².